The monoisotopic (exact) mass is 419 g/mol. The van der Waals surface area contributed by atoms with Crippen molar-refractivity contribution < 1.29 is 33.3 Å². The van der Waals surface area contributed by atoms with E-state index in [0.29, 0.717) is 78.5 Å². The molecular weight excluding hydrogens is 382 g/mol. The molecule has 0 aliphatic rings. The quantitative estimate of drug-likeness (QED) is 0.211. The van der Waals surface area contributed by atoms with Crippen LogP contribution in [0.5, 0.6) is 0 Å². The van der Waals surface area contributed by atoms with E-state index in [4.69, 9.17) is 30.4 Å². The summed E-state index contributed by atoms with van der Waals surface area (Å²) < 4.78 is 21.1. The van der Waals surface area contributed by atoms with Gasteiger partial charge >= 0.3 is 0 Å². The average Bonchev–Trinajstić information content (AvgIpc) is 2.67. The summed E-state index contributed by atoms with van der Waals surface area (Å²) in [6.45, 7) is 5.45. The molecule has 0 unspecified atom stereocenters. The zero-order valence-electron chi connectivity index (χ0n) is 17.5. The molecule has 170 valence electrons. The second kappa shape index (κ2) is 19.7. The van der Waals surface area contributed by atoms with Gasteiger partial charge in [-0.2, -0.15) is 0 Å². The summed E-state index contributed by atoms with van der Waals surface area (Å²) in [7, 11) is 0. The third-order valence-electron chi connectivity index (χ3n) is 3.80. The van der Waals surface area contributed by atoms with Crippen LogP contribution >= 0.6 is 0 Å². The second-order valence-corrected chi connectivity index (χ2v) is 6.46. The van der Waals surface area contributed by atoms with E-state index in [9.17, 15) is 14.4 Å². The van der Waals surface area contributed by atoms with Crippen molar-refractivity contribution in [1.82, 2.24) is 5.32 Å². The normalized spacial score (nSPS) is 11.9. The third-order valence-corrected chi connectivity index (χ3v) is 3.80. The number of amides is 2. The number of nitrogens with two attached hydrogens (primary N) is 2. The Bertz CT molecular complexity index is 450. The average molecular weight is 420 g/mol. The number of unbranched alkanes of at least 4 members (excludes halogenated alkanes) is 1. The first-order valence-electron chi connectivity index (χ1n) is 10.1. The number of Topliss-reactive ketones (excluding diaryl/α,β-unsaturated/α-hetero) is 1. The van der Waals surface area contributed by atoms with Gasteiger partial charge in [0.25, 0.3) is 0 Å². The zero-order valence-corrected chi connectivity index (χ0v) is 17.5. The van der Waals surface area contributed by atoms with Gasteiger partial charge < -0.3 is 40.5 Å². The van der Waals surface area contributed by atoms with Crippen molar-refractivity contribution in [2.75, 3.05) is 59.4 Å². The maximum absolute atomic E-state index is 11.9. The Labute approximate surface area is 172 Å². The van der Waals surface area contributed by atoms with E-state index in [1.807, 2.05) is 0 Å². The topological polar surface area (TPSA) is 152 Å². The van der Waals surface area contributed by atoms with Crippen molar-refractivity contribution >= 4 is 17.6 Å². The fourth-order valence-electron chi connectivity index (χ4n) is 2.28. The Morgan fingerprint density at radius 2 is 1.31 bits per heavy atom. The van der Waals surface area contributed by atoms with Crippen LogP contribution in [0.2, 0.25) is 0 Å². The standard InChI is InChI=1S/C19H37N3O7/c1-16(23)4-2-3-5-17(19(21)25)22-18(24)6-8-26-10-12-28-14-15-29-13-11-27-9-7-20/h17H,2-15,20H2,1H3,(H2,21,25)(H,22,24)/t17-/m0/s1. The highest BCUT2D eigenvalue weighted by Gasteiger charge is 2.17. The third kappa shape index (κ3) is 19.5. The zero-order chi connectivity index (χ0) is 21.7. The molecule has 1 atom stereocenters. The maximum Gasteiger partial charge on any atom is 0.239 e. The first kappa shape index (κ1) is 27.4. The summed E-state index contributed by atoms with van der Waals surface area (Å²) in [5.41, 5.74) is 10.6. The molecule has 29 heavy (non-hydrogen) atoms. The summed E-state index contributed by atoms with van der Waals surface area (Å²) in [6.07, 6.45) is 2.33. The van der Waals surface area contributed by atoms with Gasteiger partial charge in [0.2, 0.25) is 11.8 Å². The van der Waals surface area contributed by atoms with Crippen LogP contribution < -0.4 is 16.8 Å². The van der Waals surface area contributed by atoms with Crippen LogP contribution in [0.3, 0.4) is 0 Å². The Hall–Kier alpha value is -1.59. The fraction of sp³-hybridized carbons (Fsp3) is 0.842. The molecule has 10 nitrogen and oxygen atoms in total. The highest BCUT2D eigenvalue weighted by Crippen LogP contribution is 2.04. The number of hydrogen-bond donors (Lipinski definition) is 3. The van der Waals surface area contributed by atoms with Gasteiger partial charge in [-0.15, -0.1) is 0 Å². The molecule has 0 saturated heterocycles. The van der Waals surface area contributed by atoms with Crippen LogP contribution in [0.1, 0.15) is 39.0 Å². The largest absolute Gasteiger partial charge is 0.379 e. The fourth-order valence-corrected chi connectivity index (χ4v) is 2.28. The molecule has 10 heteroatoms. The molecule has 0 fully saturated rings. The summed E-state index contributed by atoms with van der Waals surface area (Å²) >= 11 is 0. The Morgan fingerprint density at radius 1 is 0.793 bits per heavy atom. The number of carbonyl (C=O) groups is 3. The molecule has 0 bridgehead atoms. The minimum Gasteiger partial charge on any atom is -0.379 e. The number of rotatable bonds is 21. The molecule has 0 saturated carbocycles. The van der Waals surface area contributed by atoms with Crippen LogP contribution in [0.15, 0.2) is 0 Å². The molecule has 0 heterocycles. The van der Waals surface area contributed by atoms with Crippen LogP contribution in [0.25, 0.3) is 0 Å². The van der Waals surface area contributed by atoms with Gasteiger partial charge in [0, 0.05) is 19.4 Å². The molecule has 5 N–H and O–H groups in total. The number of ether oxygens (including phenoxy) is 4. The van der Waals surface area contributed by atoms with Crippen molar-refractivity contribution in [3.63, 3.8) is 0 Å². The van der Waals surface area contributed by atoms with Gasteiger partial charge in [0.15, 0.2) is 0 Å². The van der Waals surface area contributed by atoms with Crippen molar-refractivity contribution in [2.24, 2.45) is 11.5 Å². The molecule has 2 amide bonds. The van der Waals surface area contributed by atoms with Crippen LogP contribution in [-0.2, 0) is 33.3 Å². The lowest BCUT2D eigenvalue weighted by Crippen LogP contribution is -2.44. The Kier molecular flexibility index (Phi) is 18.6. The van der Waals surface area contributed by atoms with Crippen molar-refractivity contribution in [3.05, 3.63) is 0 Å². The highest BCUT2D eigenvalue weighted by atomic mass is 16.6. The smallest absolute Gasteiger partial charge is 0.239 e. The van der Waals surface area contributed by atoms with Crippen molar-refractivity contribution in [1.29, 1.82) is 0 Å². The lowest BCUT2D eigenvalue weighted by Gasteiger charge is -2.15. The van der Waals surface area contributed by atoms with Gasteiger partial charge in [-0.1, -0.05) is 6.42 Å². The molecule has 0 radical (unpaired) electrons. The number of hydrogen-bond acceptors (Lipinski definition) is 8. The Morgan fingerprint density at radius 3 is 1.79 bits per heavy atom. The van der Waals surface area contributed by atoms with E-state index >= 15 is 0 Å². The van der Waals surface area contributed by atoms with Gasteiger partial charge in [0.1, 0.15) is 11.8 Å². The minimum absolute atomic E-state index is 0.103. The van der Waals surface area contributed by atoms with Gasteiger partial charge in [-0.3, -0.25) is 9.59 Å². The Balaban J connectivity index is 3.57. The summed E-state index contributed by atoms with van der Waals surface area (Å²) in [6, 6.07) is -0.724. The summed E-state index contributed by atoms with van der Waals surface area (Å²) in [5, 5.41) is 2.60. The summed E-state index contributed by atoms with van der Waals surface area (Å²) in [4.78, 5) is 34.2. The van der Waals surface area contributed by atoms with Crippen LogP contribution in [0, 0.1) is 0 Å². The lowest BCUT2D eigenvalue weighted by molar-refractivity contribution is -0.128. The predicted molar refractivity (Wildman–Crippen MR) is 107 cm³/mol. The number of primary amides is 1. The number of ketones is 1. The number of nitrogens with one attached hydrogen (secondary N) is 1. The van der Waals surface area contributed by atoms with E-state index in [2.05, 4.69) is 5.32 Å². The molecule has 0 aliphatic heterocycles. The molecule has 0 aromatic carbocycles. The van der Waals surface area contributed by atoms with E-state index in [-0.39, 0.29) is 24.7 Å². The second-order valence-electron chi connectivity index (χ2n) is 6.46. The van der Waals surface area contributed by atoms with Gasteiger partial charge in [0.05, 0.1) is 52.9 Å². The van der Waals surface area contributed by atoms with Crippen LogP contribution in [0.4, 0.5) is 0 Å². The molecule has 0 aromatic heterocycles. The van der Waals surface area contributed by atoms with E-state index < -0.39 is 11.9 Å². The van der Waals surface area contributed by atoms with E-state index in [1.54, 1.807) is 0 Å². The van der Waals surface area contributed by atoms with E-state index in [0.717, 1.165) is 0 Å². The first-order valence-corrected chi connectivity index (χ1v) is 10.1. The van der Waals surface area contributed by atoms with Crippen LogP contribution in [-0.4, -0.2) is 83.0 Å². The van der Waals surface area contributed by atoms with Gasteiger partial charge in [-0.05, 0) is 19.8 Å². The van der Waals surface area contributed by atoms with Crippen molar-refractivity contribution in [3.8, 4) is 0 Å². The predicted octanol–water partition coefficient (Wildman–Crippen LogP) is -0.479. The number of carbonyl (C=O) groups excluding carboxylic acids is 3. The van der Waals surface area contributed by atoms with E-state index in [1.165, 1.54) is 6.92 Å². The molecule has 0 rings (SSSR count). The minimum atomic E-state index is -0.724. The SMILES string of the molecule is CC(=O)CCCC[C@H](NC(=O)CCOCCOCCOCCOCCN)C(N)=O. The molecule has 0 aliphatic carbocycles. The molecule has 0 aromatic rings. The van der Waals surface area contributed by atoms with Crippen molar-refractivity contribution in [2.45, 2.75) is 45.1 Å². The maximum atomic E-state index is 11.9. The summed E-state index contributed by atoms with van der Waals surface area (Å²) in [5.74, 6) is -0.776. The first-order chi connectivity index (χ1) is 14.0. The highest BCUT2D eigenvalue weighted by molar-refractivity contribution is 5.86. The lowest BCUT2D eigenvalue weighted by atomic mass is 10.1. The molecular formula is C19H37N3O7. The van der Waals surface area contributed by atoms with Gasteiger partial charge in [-0.25, -0.2) is 0 Å². The molecule has 0 spiro atoms.